The number of carbonyl (C=O) groups is 1. The van der Waals surface area contributed by atoms with Gasteiger partial charge in [-0.3, -0.25) is 4.79 Å². The molecule has 1 aromatic rings. The Morgan fingerprint density at radius 1 is 1.60 bits per heavy atom. The second-order valence-corrected chi connectivity index (χ2v) is 3.50. The van der Waals surface area contributed by atoms with Gasteiger partial charge in [0.2, 0.25) is 5.91 Å². The van der Waals surface area contributed by atoms with Crippen molar-refractivity contribution in [2.75, 3.05) is 6.54 Å². The van der Waals surface area contributed by atoms with E-state index < -0.39 is 0 Å². The van der Waals surface area contributed by atoms with Crippen LogP contribution in [-0.2, 0) is 11.2 Å². The van der Waals surface area contributed by atoms with E-state index in [0.29, 0.717) is 6.54 Å². The van der Waals surface area contributed by atoms with Crippen LogP contribution in [0.3, 0.4) is 0 Å². The zero-order chi connectivity index (χ0) is 10.7. The molecule has 1 unspecified atom stereocenters. The molecule has 1 N–H and O–H groups in total. The Morgan fingerprint density at radius 3 is 3.13 bits per heavy atom. The summed E-state index contributed by atoms with van der Waals surface area (Å²) in [6.45, 7) is 3.92. The monoisotopic (exact) mass is 203 g/mol. The maximum Gasteiger partial charge on any atom is 0.243 e. The summed E-state index contributed by atoms with van der Waals surface area (Å²) in [5.74, 6) is 0.768. The fraction of sp³-hybridized carbons (Fsp3) is 0.250. The zero-order valence-electron chi connectivity index (χ0n) is 8.40. The van der Waals surface area contributed by atoms with E-state index in [1.54, 1.807) is 0 Å². The largest absolute Gasteiger partial charge is 0.488 e. The number of hydrogen-bond acceptors (Lipinski definition) is 2. The van der Waals surface area contributed by atoms with Crippen LogP contribution in [-0.4, -0.2) is 18.6 Å². The number of para-hydroxylation sites is 1. The molecule has 1 atom stereocenters. The molecule has 0 bridgehead atoms. The standard InChI is InChI=1S/C12H13NO2/c1-2-12(14)13-8-10-7-9-5-3-4-6-11(9)15-10/h2-6,10H,1,7-8H2,(H,13,14). The molecular formula is C12H13NO2. The average molecular weight is 203 g/mol. The molecule has 0 radical (unpaired) electrons. The van der Waals surface area contributed by atoms with Crippen LogP contribution >= 0.6 is 0 Å². The molecule has 0 saturated heterocycles. The molecule has 0 aromatic heterocycles. The van der Waals surface area contributed by atoms with Crippen molar-refractivity contribution in [3.05, 3.63) is 42.5 Å². The molecule has 2 rings (SSSR count). The van der Waals surface area contributed by atoms with Crippen molar-refractivity contribution >= 4 is 5.91 Å². The molecule has 1 heterocycles. The normalized spacial score (nSPS) is 17.7. The van der Waals surface area contributed by atoms with Crippen LogP contribution in [0.25, 0.3) is 0 Å². The molecule has 1 aromatic carbocycles. The Bertz CT molecular complexity index is 362. The van der Waals surface area contributed by atoms with Crippen molar-refractivity contribution in [2.24, 2.45) is 0 Å². The molecule has 0 spiro atoms. The van der Waals surface area contributed by atoms with Gasteiger partial charge >= 0.3 is 0 Å². The maximum absolute atomic E-state index is 11.0. The number of fused-ring (bicyclic) bond motifs is 1. The predicted octanol–water partition coefficient (Wildman–Crippen LogP) is 1.29. The average Bonchev–Trinajstić information content (AvgIpc) is 2.68. The highest BCUT2D eigenvalue weighted by atomic mass is 16.5. The highest BCUT2D eigenvalue weighted by molar-refractivity contribution is 5.86. The summed E-state index contributed by atoms with van der Waals surface area (Å²) in [5.41, 5.74) is 1.20. The smallest absolute Gasteiger partial charge is 0.243 e. The predicted molar refractivity (Wildman–Crippen MR) is 57.8 cm³/mol. The summed E-state index contributed by atoms with van der Waals surface area (Å²) < 4.78 is 5.65. The molecule has 3 heteroatoms. The molecule has 1 aliphatic rings. The number of ether oxygens (including phenoxy) is 1. The summed E-state index contributed by atoms with van der Waals surface area (Å²) in [4.78, 5) is 11.0. The summed E-state index contributed by atoms with van der Waals surface area (Å²) in [5, 5.41) is 2.73. The molecule has 0 fully saturated rings. The minimum absolute atomic E-state index is 0.0475. The van der Waals surface area contributed by atoms with Crippen LogP contribution in [0.1, 0.15) is 5.56 Å². The number of benzene rings is 1. The SMILES string of the molecule is C=CC(=O)NCC1Cc2ccccc2O1. The Balaban J connectivity index is 1.90. The second kappa shape index (κ2) is 4.17. The van der Waals surface area contributed by atoms with Gasteiger partial charge in [0.05, 0.1) is 6.54 Å². The number of hydrogen-bond donors (Lipinski definition) is 1. The summed E-state index contributed by atoms with van der Waals surface area (Å²) in [7, 11) is 0. The number of rotatable bonds is 3. The summed E-state index contributed by atoms with van der Waals surface area (Å²) in [6.07, 6.45) is 2.17. The lowest BCUT2D eigenvalue weighted by atomic mass is 10.1. The third kappa shape index (κ3) is 2.18. The summed E-state index contributed by atoms with van der Waals surface area (Å²) >= 11 is 0. The van der Waals surface area contributed by atoms with Crippen molar-refractivity contribution in [2.45, 2.75) is 12.5 Å². The Morgan fingerprint density at radius 2 is 2.40 bits per heavy atom. The highest BCUT2D eigenvalue weighted by Gasteiger charge is 2.21. The first kappa shape index (κ1) is 9.77. The highest BCUT2D eigenvalue weighted by Crippen LogP contribution is 2.27. The minimum atomic E-state index is -0.158. The quantitative estimate of drug-likeness (QED) is 0.752. The van der Waals surface area contributed by atoms with Crippen molar-refractivity contribution in [3.8, 4) is 5.75 Å². The molecule has 78 valence electrons. The van der Waals surface area contributed by atoms with Crippen molar-refractivity contribution < 1.29 is 9.53 Å². The van der Waals surface area contributed by atoms with E-state index >= 15 is 0 Å². The molecule has 0 saturated carbocycles. The van der Waals surface area contributed by atoms with Gasteiger partial charge < -0.3 is 10.1 Å². The fourth-order valence-electron chi connectivity index (χ4n) is 1.65. The molecule has 3 nitrogen and oxygen atoms in total. The third-order valence-electron chi connectivity index (χ3n) is 2.40. The molecule has 1 aliphatic heterocycles. The molecule has 1 amide bonds. The van der Waals surface area contributed by atoms with Gasteiger partial charge in [-0.25, -0.2) is 0 Å². The fourth-order valence-corrected chi connectivity index (χ4v) is 1.65. The van der Waals surface area contributed by atoms with Gasteiger partial charge in [-0.1, -0.05) is 24.8 Å². The van der Waals surface area contributed by atoms with Crippen molar-refractivity contribution in [3.63, 3.8) is 0 Å². The Labute approximate surface area is 88.8 Å². The Kier molecular flexibility index (Phi) is 2.72. The lowest BCUT2D eigenvalue weighted by Crippen LogP contribution is -2.33. The second-order valence-electron chi connectivity index (χ2n) is 3.50. The minimum Gasteiger partial charge on any atom is -0.488 e. The van der Waals surface area contributed by atoms with E-state index in [1.807, 2.05) is 24.3 Å². The van der Waals surface area contributed by atoms with Gasteiger partial charge in [-0.05, 0) is 17.7 Å². The van der Waals surface area contributed by atoms with Crippen LogP contribution in [0.2, 0.25) is 0 Å². The van der Waals surface area contributed by atoms with E-state index in [9.17, 15) is 4.79 Å². The van der Waals surface area contributed by atoms with Gasteiger partial charge in [0.25, 0.3) is 0 Å². The lowest BCUT2D eigenvalue weighted by molar-refractivity contribution is -0.116. The van der Waals surface area contributed by atoms with Crippen LogP contribution in [0.5, 0.6) is 5.75 Å². The third-order valence-corrected chi connectivity index (χ3v) is 2.40. The van der Waals surface area contributed by atoms with E-state index in [1.165, 1.54) is 11.6 Å². The van der Waals surface area contributed by atoms with E-state index in [4.69, 9.17) is 4.74 Å². The van der Waals surface area contributed by atoms with Crippen LogP contribution < -0.4 is 10.1 Å². The zero-order valence-corrected chi connectivity index (χ0v) is 8.40. The number of amides is 1. The number of carbonyl (C=O) groups excluding carboxylic acids is 1. The van der Waals surface area contributed by atoms with Gasteiger partial charge in [0.15, 0.2) is 0 Å². The maximum atomic E-state index is 11.0. The van der Waals surface area contributed by atoms with Crippen molar-refractivity contribution in [1.82, 2.24) is 5.32 Å². The van der Waals surface area contributed by atoms with E-state index in [0.717, 1.165) is 12.2 Å². The van der Waals surface area contributed by atoms with Crippen LogP contribution in [0.4, 0.5) is 0 Å². The van der Waals surface area contributed by atoms with Crippen molar-refractivity contribution in [1.29, 1.82) is 0 Å². The molecule has 0 aliphatic carbocycles. The van der Waals surface area contributed by atoms with Gasteiger partial charge in [0, 0.05) is 6.42 Å². The van der Waals surface area contributed by atoms with E-state index in [-0.39, 0.29) is 12.0 Å². The van der Waals surface area contributed by atoms with Gasteiger partial charge in [0.1, 0.15) is 11.9 Å². The summed E-state index contributed by atoms with van der Waals surface area (Å²) in [6, 6.07) is 7.94. The first-order valence-corrected chi connectivity index (χ1v) is 4.94. The van der Waals surface area contributed by atoms with Crippen LogP contribution in [0, 0.1) is 0 Å². The molecular weight excluding hydrogens is 190 g/mol. The molecule has 15 heavy (non-hydrogen) atoms. The van der Waals surface area contributed by atoms with Crippen LogP contribution in [0.15, 0.2) is 36.9 Å². The van der Waals surface area contributed by atoms with E-state index in [2.05, 4.69) is 11.9 Å². The Hall–Kier alpha value is -1.77. The first-order chi connectivity index (χ1) is 7.29. The van der Waals surface area contributed by atoms with Gasteiger partial charge in [-0.15, -0.1) is 0 Å². The number of nitrogens with one attached hydrogen (secondary N) is 1. The lowest BCUT2D eigenvalue weighted by Gasteiger charge is -2.10. The topological polar surface area (TPSA) is 38.3 Å². The van der Waals surface area contributed by atoms with Gasteiger partial charge in [-0.2, -0.15) is 0 Å². The first-order valence-electron chi connectivity index (χ1n) is 4.94.